The van der Waals surface area contributed by atoms with E-state index in [1.807, 2.05) is 0 Å². The van der Waals surface area contributed by atoms with Gasteiger partial charge in [-0.25, -0.2) is 4.98 Å². The zero-order valence-electron chi connectivity index (χ0n) is 7.82. The van der Waals surface area contributed by atoms with Crippen molar-refractivity contribution in [3.05, 3.63) is 18.7 Å². The second-order valence-corrected chi connectivity index (χ2v) is 3.44. The zero-order chi connectivity index (χ0) is 8.93. The molecule has 2 bridgehead atoms. The fourth-order valence-corrected chi connectivity index (χ4v) is 1.73. The fraction of sp³-hybridized carbons (Fsp3) is 0.667. The van der Waals surface area contributed by atoms with Crippen molar-refractivity contribution >= 4 is 0 Å². The summed E-state index contributed by atoms with van der Waals surface area (Å²) in [5.74, 6) is 0. The number of aromatic amines is 1. The predicted molar refractivity (Wildman–Crippen MR) is 51.5 cm³/mol. The van der Waals surface area contributed by atoms with Crippen LogP contribution >= 0.6 is 0 Å². The third-order valence-corrected chi connectivity index (χ3v) is 2.60. The molecule has 1 aromatic heterocycles. The van der Waals surface area contributed by atoms with Gasteiger partial charge in [-0.05, 0) is 0 Å². The van der Waals surface area contributed by atoms with Crippen LogP contribution in [0.2, 0.25) is 0 Å². The van der Waals surface area contributed by atoms with Gasteiger partial charge in [0.15, 0.2) is 0 Å². The molecule has 0 aromatic carbocycles. The highest BCUT2D eigenvalue weighted by atomic mass is 15.3. The Morgan fingerprint density at radius 2 is 1.46 bits per heavy atom. The van der Waals surface area contributed by atoms with Crippen LogP contribution in [0.3, 0.4) is 0 Å². The van der Waals surface area contributed by atoms with Crippen molar-refractivity contribution in [1.29, 1.82) is 0 Å². The summed E-state index contributed by atoms with van der Waals surface area (Å²) in [6.45, 7) is 7.92. The molecular formula is C9H16N4. The number of aromatic nitrogens is 2. The van der Waals surface area contributed by atoms with E-state index in [1.165, 1.54) is 39.3 Å². The first-order chi connectivity index (χ1) is 6.45. The molecule has 0 atom stereocenters. The second kappa shape index (κ2) is 4.39. The Balaban J connectivity index is 0.000000113. The van der Waals surface area contributed by atoms with Crippen molar-refractivity contribution in [2.45, 2.75) is 0 Å². The molecule has 1 aromatic rings. The molecule has 4 nitrogen and oxygen atoms in total. The molecule has 13 heavy (non-hydrogen) atoms. The van der Waals surface area contributed by atoms with Crippen LogP contribution < -0.4 is 0 Å². The number of hydrogen-bond donors (Lipinski definition) is 1. The number of rotatable bonds is 0. The molecule has 0 spiro atoms. The van der Waals surface area contributed by atoms with Crippen molar-refractivity contribution < 1.29 is 0 Å². The maximum Gasteiger partial charge on any atom is 0.0919 e. The highest BCUT2D eigenvalue weighted by Gasteiger charge is 2.21. The van der Waals surface area contributed by atoms with Crippen molar-refractivity contribution in [3.63, 3.8) is 0 Å². The molecule has 0 saturated carbocycles. The molecule has 1 N–H and O–H groups in total. The quantitative estimate of drug-likeness (QED) is 0.611. The van der Waals surface area contributed by atoms with Gasteiger partial charge in [-0.15, -0.1) is 0 Å². The molecular weight excluding hydrogens is 164 g/mol. The summed E-state index contributed by atoms with van der Waals surface area (Å²) in [6.07, 6.45) is 5.08. The van der Waals surface area contributed by atoms with Crippen LogP contribution in [0.1, 0.15) is 0 Å². The lowest BCUT2D eigenvalue weighted by Crippen LogP contribution is -2.55. The van der Waals surface area contributed by atoms with E-state index in [1.54, 1.807) is 18.7 Å². The normalized spacial score (nSPS) is 30.8. The van der Waals surface area contributed by atoms with Crippen molar-refractivity contribution in [2.75, 3.05) is 39.3 Å². The first kappa shape index (κ1) is 8.72. The molecule has 3 saturated heterocycles. The fourth-order valence-electron chi connectivity index (χ4n) is 1.73. The minimum atomic E-state index is 1.32. The first-order valence-corrected chi connectivity index (χ1v) is 4.82. The number of fused-ring (bicyclic) bond motifs is 3. The van der Waals surface area contributed by atoms with E-state index in [4.69, 9.17) is 0 Å². The average molecular weight is 180 g/mol. The summed E-state index contributed by atoms with van der Waals surface area (Å²) in [6, 6.07) is 0. The van der Waals surface area contributed by atoms with Crippen LogP contribution in [0.5, 0.6) is 0 Å². The number of piperazine rings is 3. The number of nitrogens with zero attached hydrogens (tertiary/aromatic N) is 3. The van der Waals surface area contributed by atoms with Gasteiger partial charge in [0.05, 0.1) is 6.33 Å². The Bertz CT molecular complexity index is 173. The van der Waals surface area contributed by atoms with Crippen molar-refractivity contribution in [1.82, 2.24) is 19.8 Å². The maximum atomic E-state index is 3.67. The van der Waals surface area contributed by atoms with Crippen LogP contribution in [-0.2, 0) is 0 Å². The number of H-pyrrole nitrogens is 1. The Morgan fingerprint density at radius 3 is 1.62 bits per heavy atom. The molecule has 4 heteroatoms. The minimum absolute atomic E-state index is 1.32. The Morgan fingerprint density at radius 1 is 0.923 bits per heavy atom. The highest BCUT2D eigenvalue weighted by molar-refractivity contribution is 4.78. The minimum Gasteiger partial charge on any atom is -0.351 e. The summed E-state index contributed by atoms with van der Waals surface area (Å²) >= 11 is 0. The predicted octanol–water partition coefficient (Wildman–Crippen LogP) is 0.0273. The van der Waals surface area contributed by atoms with Gasteiger partial charge in [-0.3, -0.25) is 9.80 Å². The maximum absolute atomic E-state index is 3.67. The van der Waals surface area contributed by atoms with E-state index >= 15 is 0 Å². The third kappa shape index (κ3) is 2.54. The van der Waals surface area contributed by atoms with E-state index in [2.05, 4.69) is 19.8 Å². The largest absolute Gasteiger partial charge is 0.351 e. The van der Waals surface area contributed by atoms with Crippen LogP contribution in [0.4, 0.5) is 0 Å². The van der Waals surface area contributed by atoms with E-state index in [0.29, 0.717) is 0 Å². The number of nitrogens with one attached hydrogen (secondary N) is 1. The van der Waals surface area contributed by atoms with Gasteiger partial charge >= 0.3 is 0 Å². The van der Waals surface area contributed by atoms with Gasteiger partial charge in [0.25, 0.3) is 0 Å². The van der Waals surface area contributed by atoms with Gasteiger partial charge < -0.3 is 4.98 Å². The molecule has 3 aliphatic heterocycles. The number of hydrogen-bond acceptors (Lipinski definition) is 3. The van der Waals surface area contributed by atoms with E-state index in [-0.39, 0.29) is 0 Å². The van der Waals surface area contributed by atoms with Crippen LogP contribution in [0.25, 0.3) is 0 Å². The zero-order valence-corrected chi connectivity index (χ0v) is 7.82. The Kier molecular flexibility index (Phi) is 2.94. The SMILES string of the molecule is C1CN2CCN1CC2.c1c[nH]cn1. The lowest BCUT2D eigenvalue weighted by Gasteiger charge is -2.41. The standard InChI is InChI=1S/C6H12N2.C3H4N2/c1-2-8-5-3-7(1)4-6-8;1-2-5-3-4-1/h1-6H2;1-3H,(H,4,5). The van der Waals surface area contributed by atoms with Crippen molar-refractivity contribution in [2.24, 2.45) is 0 Å². The lowest BCUT2D eigenvalue weighted by atomic mass is 10.2. The molecule has 0 amide bonds. The summed E-state index contributed by atoms with van der Waals surface area (Å²) < 4.78 is 0. The summed E-state index contributed by atoms with van der Waals surface area (Å²) in [5, 5.41) is 0. The Hall–Kier alpha value is -0.870. The molecule has 72 valence electrons. The topological polar surface area (TPSA) is 35.2 Å². The second-order valence-electron chi connectivity index (χ2n) is 3.44. The van der Waals surface area contributed by atoms with E-state index < -0.39 is 0 Å². The molecule has 0 radical (unpaired) electrons. The first-order valence-electron chi connectivity index (χ1n) is 4.82. The van der Waals surface area contributed by atoms with Gasteiger partial charge in [-0.1, -0.05) is 0 Å². The lowest BCUT2D eigenvalue weighted by molar-refractivity contribution is 0.0647. The van der Waals surface area contributed by atoms with Crippen LogP contribution in [-0.4, -0.2) is 59.0 Å². The van der Waals surface area contributed by atoms with Gasteiger partial charge in [-0.2, -0.15) is 0 Å². The molecule has 0 aliphatic carbocycles. The van der Waals surface area contributed by atoms with Crippen LogP contribution in [0, 0.1) is 0 Å². The van der Waals surface area contributed by atoms with Gasteiger partial charge in [0.1, 0.15) is 0 Å². The van der Waals surface area contributed by atoms with Gasteiger partial charge in [0.2, 0.25) is 0 Å². The van der Waals surface area contributed by atoms with Crippen LogP contribution in [0.15, 0.2) is 18.7 Å². The smallest absolute Gasteiger partial charge is 0.0919 e. The monoisotopic (exact) mass is 180 g/mol. The summed E-state index contributed by atoms with van der Waals surface area (Å²) in [5.41, 5.74) is 0. The molecule has 4 rings (SSSR count). The molecule has 4 heterocycles. The van der Waals surface area contributed by atoms with E-state index in [0.717, 1.165) is 0 Å². The molecule has 3 aliphatic rings. The van der Waals surface area contributed by atoms with Crippen molar-refractivity contribution in [3.8, 4) is 0 Å². The average Bonchev–Trinajstić information content (AvgIpc) is 2.79. The third-order valence-electron chi connectivity index (χ3n) is 2.60. The van der Waals surface area contributed by atoms with Gasteiger partial charge in [0, 0.05) is 51.7 Å². The molecule has 3 fully saturated rings. The molecule has 0 unspecified atom stereocenters. The van der Waals surface area contributed by atoms with E-state index in [9.17, 15) is 0 Å². The Labute approximate surface area is 78.6 Å². The highest BCUT2D eigenvalue weighted by Crippen LogP contribution is 2.06. The summed E-state index contributed by atoms with van der Waals surface area (Å²) in [4.78, 5) is 11.5. The number of imidazole rings is 1. The summed E-state index contributed by atoms with van der Waals surface area (Å²) in [7, 11) is 0.